The topological polar surface area (TPSA) is 131 Å². The summed E-state index contributed by atoms with van der Waals surface area (Å²) < 4.78 is 26.7. The molecule has 0 N–H and O–H groups in total. The monoisotopic (exact) mass is 480 g/mol. The van der Waals surface area contributed by atoms with Crippen molar-refractivity contribution in [3.63, 3.8) is 0 Å². The zero-order valence-corrected chi connectivity index (χ0v) is 19.4. The van der Waals surface area contributed by atoms with Crippen LogP contribution < -0.4 is 14.4 Å². The fourth-order valence-electron chi connectivity index (χ4n) is 3.71. The third-order valence-corrected chi connectivity index (χ3v) is 5.52. The number of piperazine rings is 1. The van der Waals surface area contributed by atoms with Gasteiger partial charge in [0.1, 0.15) is 6.07 Å². The molecule has 0 aliphatic carbocycles. The maximum Gasteiger partial charge on any atom is 0.310 e. The highest BCUT2D eigenvalue weighted by Crippen LogP contribution is 2.29. The van der Waals surface area contributed by atoms with Gasteiger partial charge in [0.15, 0.2) is 23.9 Å². The van der Waals surface area contributed by atoms with Gasteiger partial charge in [0.05, 0.1) is 26.9 Å². The molecule has 3 heterocycles. The van der Waals surface area contributed by atoms with E-state index in [1.54, 1.807) is 35.2 Å². The minimum absolute atomic E-state index is 0.00183. The van der Waals surface area contributed by atoms with Gasteiger partial charge in [0, 0.05) is 26.2 Å². The van der Waals surface area contributed by atoms with Crippen LogP contribution in [0.3, 0.4) is 0 Å². The third-order valence-electron chi connectivity index (χ3n) is 5.52. The summed E-state index contributed by atoms with van der Waals surface area (Å²) in [5, 5.41) is 9.43. The molecule has 0 saturated carbocycles. The lowest BCUT2D eigenvalue weighted by Crippen LogP contribution is -2.50. The van der Waals surface area contributed by atoms with Crippen LogP contribution in [-0.2, 0) is 20.7 Å². The van der Waals surface area contributed by atoms with Gasteiger partial charge in [0.25, 0.3) is 11.8 Å². The van der Waals surface area contributed by atoms with Gasteiger partial charge in [0.2, 0.25) is 11.6 Å². The molecule has 1 fully saturated rings. The number of hydrogen-bond acceptors (Lipinski definition) is 10. The van der Waals surface area contributed by atoms with Crippen molar-refractivity contribution in [2.24, 2.45) is 0 Å². The largest absolute Gasteiger partial charge is 0.493 e. The summed E-state index contributed by atoms with van der Waals surface area (Å²) in [5.74, 6) is 1.25. The second kappa shape index (κ2) is 10.6. The van der Waals surface area contributed by atoms with Crippen molar-refractivity contribution < 1.29 is 32.6 Å². The molecule has 0 atom stereocenters. The van der Waals surface area contributed by atoms with Crippen LogP contribution in [0, 0.1) is 11.3 Å². The Morgan fingerprint density at radius 2 is 1.89 bits per heavy atom. The Labute approximate surface area is 201 Å². The van der Waals surface area contributed by atoms with Gasteiger partial charge < -0.3 is 32.8 Å². The van der Waals surface area contributed by atoms with E-state index in [1.807, 2.05) is 11.0 Å². The van der Waals surface area contributed by atoms with Gasteiger partial charge >= 0.3 is 5.97 Å². The number of oxazole rings is 1. The minimum atomic E-state index is -0.519. The quantitative estimate of drug-likeness (QED) is 0.442. The van der Waals surface area contributed by atoms with Gasteiger partial charge in [-0.2, -0.15) is 10.2 Å². The molecule has 0 unspecified atom stereocenters. The third kappa shape index (κ3) is 5.38. The Hall–Kier alpha value is -4.46. The van der Waals surface area contributed by atoms with Crippen molar-refractivity contribution >= 4 is 17.8 Å². The molecule has 0 spiro atoms. The number of rotatable bonds is 8. The molecule has 1 amide bonds. The van der Waals surface area contributed by atoms with E-state index >= 15 is 0 Å². The zero-order chi connectivity index (χ0) is 24.8. The number of nitrogens with zero attached hydrogens (tertiary/aromatic N) is 4. The van der Waals surface area contributed by atoms with E-state index in [4.69, 9.17) is 23.0 Å². The first-order valence-corrected chi connectivity index (χ1v) is 10.9. The van der Waals surface area contributed by atoms with Crippen LogP contribution in [0.1, 0.15) is 11.3 Å². The van der Waals surface area contributed by atoms with E-state index in [-0.39, 0.29) is 30.5 Å². The first-order valence-electron chi connectivity index (χ1n) is 10.9. The Balaban J connectivity index is 1.27. The molecular formula is C24H24N4O7. The number of hydrogen-bond donors (Lipinski definition) is 0. The van der Waals surface area contributed by atoms with Gasteiger partial charge in [-0.3, -0.25) is 9.59 Å². The first-order chi connectivity index (χ1) is 17.0. The Morgan fingerprint density at radius 3 is 2.54 bits per heavy atom. The lowest BCUT2D eigenvalue weighted by Gasteiger charge is -2.34. The van der Waals surface area contributed by atoms with E-state index in [9.17, 15) is 14.9 Å². The van der Waals surface area contributed by atoms with Crippen molar-refractivity contribution in [2.75, 3.05) is 51.9 Å². The van der Waals surface area contributed by atoms with Gasteiger partial charge in [-0.25, -0.2) is 0 Å². The normalized spacial score (nSPS) is 13.3. The summed E-state index contributed by atoms with van der Waals surface area (Å²) in [6.07, 6.45) is 1.50. The summed E-state index contributed by atoms with van der Waals surface area (Å²) in [6.45, 7) is 1.29. The number of benzene rings is 1. The van der Waals surface area contributed by atoms with Crippen molar-refractivity contribution in [3.05, 3.63) is 47.9 Å². The van der Waals surface area contributed by atoms with Gasteiger partial charge in [-0.15, -0.1) is 0 Å². The minimum Gasteiger partial charge on any atom is -0.493 e. The molecule has 1 aliphatic heterocycles. The van der Waals surface area contributed by atoms with E-state index in [1.165, 1.54) is 20.5 Å². The number of nitriles is 1. The average molecular weight is 480 g/mol. The molecule has 3 aromatic rings. The maximum atomic E-state index is 12.6. The standard InChI is InChI=1S/C24H24N4O7/c1-31-18-6-5-16(12-20(18)32-2)13-22(30)34-15-21(29)27-7-9-28(10-8-27)24-17(14-25)26-23(35-24)19-4-3-11-33-19/h3-6,11-12H,7-10,13,15H2,1-2H3. The summed E-state index contributed by atoms with van der Waals surface area (Å²) in [5.41, 5.74) is 0.836. The van der Waals surface area contributed by atoms with Crippen LogP contribution >= 0.6 is 0 Å². The predicted molar refractivity (Wildman–Crippen MR) is 122 cm³/mol. The van der Waals surface area contributed by atoms with E-state index < -0.39 is 5.97 Å². The van der Waals surface area contributed by atoms with Crippen molar-refractivity contribution in [1.29, 1.82) is 5.26 Å². The lowest BCUT2D eigenvalue weighted by atomic mass is 10.1. The van der Waals surface area contributed by atoms with Crippen molar-refractivity contribution in [3.8, 4) is 29.2 Å². The molecule has 0 bridgehead atoms. The van der Waals surface area contributed by atoms with Crippen LogP contribution in [0.4, 0.5) is 5.88 Å². The average Bonchev–Trinajstić information content (AvgIpc) is 3.57. The fourth-order valence-corrected chi connectivity index (χ4v) is 3.71. The summed E-state index contributed by atoms with van der Waals surface area (Å²) in [4.78, 5) is 32.4. The highest BCUT2D eigenvalue weighted by Gasteiger charge is 2.27. The van der Waals surface area contributed by atoms with E-state index in [0.29, 0.717) is 54.9 Å². The second-order valence-corrected chi connectivity index (χ2v) is 7.66. The Morgan fingerprint density at radius 1 is 1.11 bits per heavy atom. The van der Waals surface area contributed by atoms with Crippen LogP contribution in [0.5, 0.6) is 11.5 Å². The summed E-state index contributed by atoms with van der Waals surface area (Å²) in [6, 6.07) is 10.6. The summed E-state index contributed by atoms with van der Waals surface area (Å²) in [7, 11) is 3.04. The predicted octanol–water partition coefficient (Wildman–Crippen LogP) is 2.26. The highest BCUT2D eigenvalue weighted by molar-refractivity contribution is 5.81. The Bertz CT molecular complexity index is 1220. The number of carbonyl (C=O) groups excluding carboxylic acids is 2. The number of methoxy groups -OCH3 is 2. The molecular weight excluding hydrogens is 456 g/mol. The number of esters is 1. The first kappa shape index (κ1) is 23.7. The summed E-state index contributed by atoms with van der Waals surface area (Å²) >= 11 is 0. The number of ether oxygens (including phenoxy) is 3. The molecule has 1 aliphatic rings. The maximum absolute atomic E-state index is 12.6. The second-order valence-electron chi connectivity index (χ2n) is 7.66. The molecule has 182 valence electrons. The molecule has 11 heteroatoms. The number of aromatic nitrogens is 1. The van der Waals surface area contributed by atoms with Gasteiger partial charge in [-0.1, -0.05) is 6.07 Å². The van der Waals surface area contributed by atoms with Crippen LogP contribution in [0.25, 0.3) is 11.7 Å². The van der Waals surface area contributed by atoms with Crippen LogP contribution in [0.2, 0.25) is 0 Å². The fraction of sp³-hybridized carbons (Fsp3) is 0.333. The number of carbonyl (C=O) groups is 2. The van der Waals surface area contributed by atoms with Gasteiger partial charge in [-0.05, 0) is 29.8 Å². The smallest absolute Gasteiger partial charge is 0.310 e. The zero-order valence-electron chi connectivity index (χ0n) is 19.4. The van der Waals surface area contributed by atoms with Crippen LogP contribution in [-0.4, -0.2) is 68.8 Å². The van der Waals surface area contributed by atoms with E-state index in [0.717, 1.165) is 0 Å². The number of amides is 1. The molecule has 35 heavy (non-hydrogen) atoms. The van der Waals surface area contributed by atoms with Crippen molar-refractivity contribution in [2.45, 2.75) is 6.42 Å². The Kier molecular flexibility index (Phi) is 7.21. The molecule has 1 aromatic carbocycles. The SMILES string of the molecule is COc1ccc(CC(=O)OCC(=O)N2CCN(c3oc(-c4ccco4)nc3C#N)CC2)cc1OC. The number of anilines is 1. The molecule has 4 rings (SSSR count). The van der Waals surface area contributed by atoms with Crippen LogP contribution in [0.15, 0.2) is 45.4 Å². The highest BCUT2D eigenvalue weighted by atomic mass is 16.5. The van der Waals surface area contributed by atoms with E-state index in [2.05, 4.69) is 4.98 Å². The number of furan rings is 1. The molecule has 0 radical (unpaired) electrons. The van der Waals surface area contributed by atoms with Crippen molar-refractivity contribution in [1.82, 2.24) is 9.88 Å². The molecule has 1 saturated heterocycles. The molecule has 2 aromatic heterocycles. The molecule has 11 nitrogen and oxygen atoms in total. The lowest BCUT2D eigenvalue weighted by molar-refractivity contribution is -0.151.